The monoisotopic (exact) mass is 363 g/mol. The van der Waals surface area contributed by atoms with E-state index >= 15 is 0 Å². The lowest BCUT2D eigenvalue weighted by atomic mass is 10.0. The van der Waals surface area contributed by atoms with E-state index in [0.29, 0.717) is 13.2 Å². The third-order valence-electron chi connectivity index (χ3n) is 4.35. The number of aromatic nitrogens is 3. The third-order valence-corrected chi connectivity index (χ3v) is 4.35. The van der Waals surface area contributed by atoms with E-state index in [1.165, 1.54) is 11.9 Å². The standard InChI is InChI=1S/C22H25N3O2/c1-4-14-26-21(15-25-17-23-16-24-25)22(2,3)27-20-12-10-19(11-13-20)18-8-6-5-7-9-18/h4-13,16-17,21H,1,14-15H2,2-3H3. The second kappa shape index (κ2) is 8.64. The molecule has 140 valence electrons. The number of ether oxygens (including phenoxy) is 2. The van der Waals surface area contributed by atoms with Gasteiger partial charge in [-0.3, -0.25) is 4.68 Å². The van der Waals surface area contributed by atoms with Crippen molar-refractivity contribution in [3.63, 3.8) is 0 Å². The van der Waals surface area contributed by atoms with Crippen molar-refractivity contribution in [2.75, 3.05) is 6.61 Å². The molecule has 27 heavy (non-hydrogen) atoms. The quantitative estimate of drug-likeness (QED) is 0.530. The summed E-state index contributed by atoms with van der Waals surface area (Å²) in [5, 5.41) is 4.17. The van der Waals surface area contributed by atoms with Crippen molar-refractivity contribution in [1.29, 1.82) is 0 Å². The minimum atomic E-state index is -0.566. The molecule has 1 heterocycles. The van der Waals surface area contributed by atoms with Crippen molar-refractivity contribution in [2.24, 2.45) is 0 Å². The van der Waals surface area contributed by atoms with Crippen LogP contribution in [-0.4, -0.2) is 33.1 Å². The fraction of sp³-hybridized carbons (Fsp3) is 0.273. The second-order valence-electron chi connectivity index (χ2n) is 6.82. The Labute approximate surface area is 160 Å². The van der Waals surface area contributed by atoms with Crippen molar-refractivity contribution >= 4 is 0 Å². The minimum Gasteiger partial charge on any atom is -0.485 e. The van der Waals surface area contributed by atoms with Crippen molar-refractivity contribution in [3.05, 3.63) is 79.9 Å². The average Bonchev–Trinajstić information content (AvgIpc) is 3.19. The summed E-state index contributed by atoms with van der Waals surface area (Å²) in [6.45, 7) is 8.76. The van der Waals surface area contributed by atoms with Gasteiger partial charge >= 0.3 is 0 Å². The van der Waals surface area contributed by atoms with Crippen molar-refractivity contribution < 1.29 is 9.47 Å². The van der Waals surface area contributed by atoms with Crippen LogP contribution in [0.1, 0.15) is 13.8 Å². The topological polar surface area (TPSA) is 49.2 Å². The zero-order valence-corrected chi connectivity index (χ0v) is 15.8. The molecule has 5 heteroatoms. The number of hydrogen-bond acceptors (Lipinski definition) is 4. The molecule has 1 aromatic heterocycles. The summed E-state index contributed by atoms with van der Waals surface area (Å²) in [5.41, 5.74) is 1.77. The van der Waals surface area contributed by atoms with E-state index in [2.05, 4.69) is 40.9 Å². The number of hydrogen-bond donors (Lipinski definition) is 0. The van der Waals surface area contributed by atoms with E-state index in [9.17, 15) is 0 Å². The maximum absolute atomic E-state index is 6.28. The minimum absolute atomic E-state index is 0.217. The largest absolute Gasteiger partial charge is 0.485 e. The lowest BCUT2D eigenvalue weighted by Gasteiger charge is -2.34. The van der Waals surface area contributed by atoms with Gasteiger partial charge in [0, 0.05) is 0 Å². The van der Waals surface area contributed by atoms with Gasteiger partial charge in [-0.05, 0) is 37.1 Å². The Hall–Kier alpha value is -2.92. The molecule has 0 aliphatic heterocycles. The van der Waals surface area contributed by atoms with Gasteiger partial charge in [0.1, 0.15) is 30.1 Å². The van der Waals surface area contributed by atoms with Crippen LogP contribution in [0.25, 0.3) is 11.1 Å². The zero-order valence-electron chi connectivity index (χ0n) is 15.8. The molecule has 2 aromatic carbocycles. The van der Waals surface area contributed by atoms with Crippen LogP contribution in [-0.2, 0) is 11.3 Å². The third kappa shape index (κ3) is 5.05. The molecule has 3 aromatic rings. The maximum atomic E-state index is 6.28. The SMILES string of the molecule is C=CCOC(Cn1cncn1)C(C)(C)Oc1ccc(-c2ccccc2)cc1. The second-order valence-corrected chi connectivity index (χ2v) is 6.82. The van der Waals surface area contributed by atoms with Gasteiger partial charge < -0.3 is 9.47 Å². The van der Waals surface area contributed by atoms with E-state index in [1.54, 1.807) is 17.1 Å². The summed E-state index contributed by atoms with van der Waals surface area (Å²) in [7, 11) is 0. The number of rotatable bonds is 9. The molecule has 1 atom stereocenters. The Morgan fingerprint density at radius 1 is 1.07 bits per heavy atom. The van der Waals surface area contributed by atoms with Crippen LogP contribution in [0.2, 0.25) is 0 Å². The molecule has 0 spiro atoms. The van der Waals surface area contributed by atoms with Gasteiger partial charge in [0.2, 0.25) is 0 Å². The van der Waals surface area contributed by atoms with Crippen LogP contribution in [0.15, 0.2) is 79.9 Å². The average molecular weight is 363 g/mol. The Morgan fingerprint density at radius 3 is 2.41 bits per heavy atom. The highest BCUT2D eigenvalue weighted by atomic mass is 16.6. The van der Waals surface area contributed by atoms with Gasteiger partial charge in [0.25, 0.3) is 0 Å². The summed E-state index contributed by atoms with van der Waals surface area (Å²) >= 11 is 0. The normalized spacial score (nSPS) is 12.5. The Bertz CT molecular complexity index is 828. The number of nitrogens with zero attached hydrogens (tertiary/aromatic N) is 3. The van der Waals surface area contributed by atoms with E-state index in [0.717, 1.165) is 11.3 Å². The molecular formula is C22H25N3O2. The van der Waals surface area contributed by atoms with Gasteiger partial charge in [-0.2, -0.15) is 5.10 Å². The van der Waals surface area contributed by atoms with Crippen molar-refractivity contribution in [2.45, 2.75) is 32.1 Å². The lowest BCUT2D eigenvalue weighted by molar-refractivity contribution is -0.0739. The smallest absolute Gasteiger partial charge is 0.137 e. The molecule has 3 rings (SSSR count). The molecule has 0 aliphatic rings. The summed E-state index contributed by atoms with van der Waals surface area (Å²) in [5.74, 6) is 0.797. The molecule has 0 radical (unpaired) electrons. The van der Waals surface area contributed by atoms with Crippen molar-refractivity contribution in [1.82, 2.24) is 14.8 Å². The summed E-state index contributed by atoms with van der Waals surface area (Å²) < 4.78 is 14.0. The van der Waals surface area contributed by atoms with Crippen LogP contribution in [0.5, 0.6) is 5.75 Å². The lowest BCUT2D eigenvalue weighted by Crippen LogP contribution is -2.46. The van der Waals surface area contributed by atoms with Gasteiger partial charge in [-0.25, -0.2) is 4.98 Å². The first-order valence-electron chi connectivity index (χ1n) is 8.98. The summed E-state index contributed by atoms with van der Waals surface area (Å²) in [6, 6.07) is 18.4. The van der Waals surface area contributed by atoms with Crippen LogP contribution < -0.4 is 4.74 Å². The van der Waals surface area contributed by atoms with Gasteiger partial charge in [-0.15, -0.1) is 6.58 Å². The van der Waals surface area contributed by atoms with Crippen LogP contribution in [0, 0.1) is 0 Å². The zero-order chi connectivity index (χ0) is 19.1. The molecule has 0 bridgehead atoms. The Balaban J connectivity index is 1.73. The molecule has 5 nitrogen and oxygen atoms in total. The molecule has 0 fully saturated rings. The maximum Gasteiger partial charge on any atom is 0.137 e. The highest BCUT2D eigenvalue weighted by Gasteiger charge is 2.33. The van der Waals surface area contributed by atoms with E-state index in [4.69, 9.17) is 9.47 Å². The van der Waals surface area contributed by atoms with Crippen LogP contribution in [0.3, 0.4) is 0 Å². The van der Waals surface area contributed by atoms with E-state index < -0.39 is 5.60 Å². The van der Waals surface area contributed by atoms with Crippen molar-refractivity contribution in [3.8, 4) is 16.9 Å². The van der Waals surface area contributed by atoms with Gasteiger partial charge in [-0.1, -0.05) is 48.5 Å². The predicted octanol–water partition coefficient (Wildman–Crippen LogP) is 4.37. The van der Waals surface area contributed by atoms with Gasteiger partial charge in [0.05, 0.1) is 13.2 Å². The van der Waals surface area contributed by atoms with Crippen LogP contribution in [0.4, 0.5) is 0 Å². The molecule has 0 aliphatic carbocycles. The Kier molecular flexibility index (Phi) is 6.04. The fourth-order valence-corrected chi connectivity index (χ4v) is 2.87. The fourth-order valence-electron chi connectivity index (χ4n) is 2.87. The predicted molar refractivity (Wildman–Crippen MR) is 107 cm³/mol. The first-order valence-corrected chi connectivity index (χ1v) is 8.98. The van der Waals surface area contributed by atoms with E-state index in [1.807, 2.05) is 44.2 Å². The highest BCUT2D eigenvalue weighted by molar-refractivity contribution is 5.63. The van der Waals surface area contributed by atoms with E-state index in [-0.39, 0.29) is 6.10 Å². The molecular weight excluding hydrogens is 338 g/mol. The van der Waals surface area contributed by atoms with Gasteiger partial charge in [0.15, 0.2) is 0 Å². The summed E-state index contributed by atoms with van der Waals surface area (Å²) in [4.78, 5) is 4.00. The molecule has 1 unspecified atom stereocenters. The molecule has 0 saturated carbocycles. The summed E-state index contributed by atoms with van der Waals surface area (Å²) in [6.07, 6.45) is 4.71. The molecule has 0 amide bonds. The molecule has 0 N–H and O–H groups in total. The highest BCUT2D eigenvalue weighted by Crippen LogP contribution is 2.27. The first kappa shape index (κ1) is 18.9. The molecule has 0 saturated heterocycles. The first-order chi connectivity index (χ1) is 13.1. The van der Waals surface area contributed by atoms with Crippen LogP contribution >= 0.6 is 0 Å². The Morgan fingerprint density at radius 2 is 1.78 bits per heavy atom. The number of benzene rings is 2.